The second-order valence-electron chi connectivity index (χ2n) is 4.25. The topological polar surface area (TPSA) is 21.3 Å². The van der Waals surface area contributed by atoms with Gasteiger partial charge in [-0.1, -0.05) is 6.92 Å². The highest BCUT2D eigenvalue weighted by molar-refractivity contribution is 5.28. The van der Waals surface area contributed by atoms with Gasteiger partial charge in [0.25, 0.3) is 0 Å². The molecule has 0 heterocycles. The summed E-state index contributed by atoms with van der Waals surface area (Å²) in [4.78, 5) is 0. The van der Waals surface area contributed by atoms with Crippen LogP contribution < -0.4 is 10.1 Å². The Morgan fingerprint density at radius 1 is 1.16 bits per heavy atom. The highest BCUT2D eigenvalue weighted by atomic mass is 19.2. The van der Waals surface area contributed by atoms with Crippen LogP contribution in [-0.4, -0.2) is 19.2 Å². The van der Waals surface area contributed by atoms with E-state index in [0.717, 1.165) is 13.0 Å². The van der Waals surface area contributed by atoms with Crippen molar-refractivity contribution in [2.24, 2.45) is 0 Å². The van der Waals surface area contributed by atoms with E-state index in [9.17, 15) is 17.6 Å². The fraction of sp³-hybridized carbons (Fsp3) is 0.538. The molecule has 1 rings (SSSR count). The Labute approximate surface area is 109 Å². The lowest BCUT2D eigenvalue weighted by Gasteiger charge is -2.13. The number of benzene rings is 1. The molecule has 1 aromatic rings. The van der Waals surface area contributed by atoms with Crippen LogP contribution >= 0.6 is 0 Å². The minimum Gasteiger partial charge on any atom is -0.487 e. The van der Waals surface area contributed by atoms with Crippen LogP contribution in [-0.2, 0) is 0 Å². The number of ether oxygens (including phenoxy) is 1. The first kappa shape index (κ1) is 15.8. The summed E-state index contributed by atoms with van der Waals surface area (Å²) in [5, 5.41) is 3.16. The summed E-state index contributed by atoms with van der Waals surface area (Å²) in [7, 11) is 0. The normalized spacial score (nSPS) is 12.5. The van der Waals surface area contributed by atoms with Crippen molar-refractivity contribution in [1.82, 2.24) is 5.32 Å². The van der Waals surface area contributed by atoms with E-state index < -0.39 is 29.0 Å². The van der Waals surface area contributed by atoms with Crippen LogP contribution in [0.25, 0.3) is 0 Å². The van der Waals surface area contributed by atoms with Gasteiger partial charge in [-0.2, -0.15) is 8.78 Å². The molecule has 1 N–H and O–H groups in total. The molecule has 0 aliphatic heterocycles. The smallest absolute Gasteiger partial charge is 0.203 e. The third kappa shape index (κ3) is 4.38. The molecular formula is C13H17F4NO. The van der Waals surface area contributed by atoms with Gasteiger partial charge in [-0.15, -0.1) is 0 Å². The van der Waals surface area contributed by atoms with Crippen LogP contribution in [0.4, 0.5) is 17.6 Å². The predicted octanol–water partition coefficient (Wildman–Crippen LogP) is 3.40. The second-order valence-corrected chi connectivity index (χ2v) is 4.25. The van der Waals surface area contributed by atoms with Crippen molar-refractivity contribution in [2.45, 2.75) is 32.7 Å². The van der Waals surface area contributed by atoms with Gasteiger partial charge >= 0.3 is 0 Å². The maximum absolute atomic E-state index is 13.2. The van der Waals surface area contributed by atoms with Crippen LogP contribution in [0.5, 0.6) is 5.75 Å². The van der Waals surface area contributed by atoms with Crippen LogP contribution in [0.2, 0.25) is 0 Å². The molecule has 108 valence electrons. The summed E-state index contributed by atoms with van der Waals surface area (Å²) < 4.78 is 57.0. The first-order valence-electron chi connectivity index (χ1n) is 6.16. The summed E-state index contributed by atoms with van der Waals surface area (Å²) in [6, 6.07) is 0.401. The monoisotopic (exact) mass is 279 g/mol. The summed E-state index contributed by atoms with van der Waals surface area (Å²) >= 11 is 0. The van der Waals surface area contributed by atoms with Crippen molar-refractivity contribution in [3.8, 4) is 5.75 Å². The first-order chi connectivity index (χ1) is 8.97. The zero-order chi connectivity index (χ0) is 14.4. The van der Waals surface area contributed by atoms with E-state index in [4.69, 9.17) is 4.74 Å². The Morgan fingerprint density at radius 3 is 2.26 bits per heavy atom. The summed E-state index contributed by atoms with van der Waals surface area (Å²) in [5.74, 6) is -6.92. The zero-order valence-electron chi connectivity index (χ0n) is 10.9. The van der Waals surface area contributed by atoms with Gasteiger partial charge in [-0.3, -0.25) is 0 Å². The molecule has 6 heteroatoms. The quantitative estimate of drug-likeness (QED) is 0.469. The van der Waals surface area contributed by atoms with E-state index in [1.165, 1.54) is 0 Å². The van der Waals surface area contributed by atoms with Gasteiger partial charge in [0, 0.05) is 12.1 Å². The molecule has 0 aliphatic rings. The largest absolute Gasteiger partial charge is 0.487 e. The van der Waals surface area contributed by atoms with E-state index in [1.54, 1.807) is 0 Å². The van der Waals surface area contributed by atoms with Crippen molar-refractivity contribution in [1.29, 1.82) is 0 Å². The molecule has 1 atom stereocenters. The van der Waals surface area contributed by atoms with E-state index in [1.807, 2.05) is 13.8 Å². The Balaban J connectivity index is 2.54. The third-order valence-corrected chi connectivity index (χ3v) is 2.65. The molecule has 0 bridgehead atoms. The Morgan fingerprint density at radius 2 is 1.74 bits per heavy atom. The van der Waals surface area contributed by atoms with Crippen molar-refractivity contribution in [3.05, 3.63) is 29.3 Å². The van der Waals surface area contributed by atoms with Gasteiger partial charge < -0.3 is 10.1 Å². The van der Waals surface area contributed by atoms with Crippen LogP contribution in [0.3, 0.4) is 0 Å². The Hall–Kier alpha value is -1.30. The zero-order valence-corrected chi connectivity index (χ0v) is 10.9. The Kier molecular flexibility index (Phi) is 6.08. The van der Waals surface area contributed by atoms with Gasteiger partial charge in [0.1, 0.15) is 0 Å². The van der Waals surface area contributed by atoms with Crippen molar-refractivity contribution < 1.29 is 22.3 Å². The Bertz CT molecular complexity index is 399. The van der Waals surface area contributed by atoms with Crippen molar-refractivity contribution >= 4 is 0 Å². The van der Waals surface area contributed by atoms with E-state index in [2.05, 4.69) is 5.32 Å². The lowest BCUT2D eigenvalue weighted by Crippen LogP contribution is -2.25. The molecule has 2 nitrogen and oxygen atoms in total. The predicted molar refractivity (Wildman–Crippen MR) is 64.1 cm³/mol. The van der Waals surface area contributed by atoms with Gasteiger partial charge in [0.2, 0.25) is 11.6 Å². The third-order valence-electron chi connectivity index (χ3n) is 2.65. The van der Waals surface area contributed by atoms with Gasteiger partial charge in [-0.05, 0) is 26.3 Å². The highest BCUT2D eigenvalue weighted by Gasteiger charge is 2.20. The van der Waals surface area contributed by atoms with Crippen LogP contribution in [0.15, 0.2) is 6.07 Å². The van der Waals surface area contributed by atoms with Gasteiger partial charge in [-0.25, -0.2) is 8.78 Å². The highest BCUT2D eigenvalue weighted by Crippen LogP contribution is 2.26. The van der Waals surface area contributed by atoms with Gasteiger partial charge in [0.05, 0.1) is 6.61 Å². The second kappa shape index (κ2) is 7.33. The minimum atomic E-state index is -1.50. The molecule has 1 aromatic carbocycles. The molecule has 0 radical (unpaired) electrons. The standard InChI is InChI=1S/C13H17F4NO/c1-3-18-8(2)5-4-6-19-13-11(16)9(14)7-10(15)12(13)17/h7-8,18H,3-6H2,1-2H3. The molecule has 0 saturated heterocycles. The summed E-state index contributed by atoms with van der Waals surface area (Å²) in [5.41, 5.74) is 0. The number of hydrogen-bond donors (Lipinski definition) is 1. The maximum Gasteiger partial charge on any atom is 0.203 e. The van der Waals surface area contributed by atoms with Gasteiger partial charge in [0.15, 0.2) is 17.4 Å². The minimum absolute atomic E-state index is 0.00747. The number of nitrogens with one attached hydrogen (secondary N) is 1. The molecule has 0 saturated carbocycles. The molecular weight excluding hydrogens is 262 g/mol. The molecule has 1 unspecified atom stereocenters. The SMILES string of the molecule is CCNC(C)CCCOc1c(F)c(F)cc(F)c1F. The molecule has 19 heavy (non-hydrogen) atoms. The fourth-order valence-corrected chi connectivity index (χ4v) is 1.69. The molecule has 0 spiro atoms. The van der Waals surface area contributed by atoms with Crippen molar-refractivity contribution in [3.63, 3.8) is 0 Å². The van der Waals surface area contributed by atoms with E-state index >= 15 is 0 Å². The summed E-state index contributed by atoms with van der Waals surface area (Å²) in [6.45, 7) is 4.74. The maximum atomic E-state index is 13.2. The summed E-state index contributed by atoms with van der Waals surface area (Å²) in [6.07, 6.45) is 1.25. The first-order valence-corrected chi connectivity index (χ1v) is 6.16. The molecule has 0 fully saturated rings. The molecule has 0 aromatic heterocycles. The number of rotatable bonds is 7. The average Bonchev–Trinajstić information content (AvgIpc) is 2.36. The van der Waals surface area contributed by atoms with Crippen LogP contribution in [0, 0.1) is 23.3 Å². The van der Waals surface area contributed by atoms with Crippen LogP contribution in [0.1, 0.15) is 26.7 Å². The van der Waals surface area contributed by atoms with Crippen molar-refractivity contribution in [2.75, 3.05) is 13.2 Å². The van der Waals surface area contributed by atoms with E-state index in [-0.39, 0.29) is 18.7 Å². The molecule has 0 aliphatic carbocycles. The molecule has 0 amide bonds. The fourth-order valence-electron chi connectivity index (χ4n) is 1.69. The van der Waals surface area contributed by atoms with E-state index in [0.29, 0.717) is 6.42 Å². The average molecular weight is 279 g/mol. The number of hydrogen-bond acceptors (Lipinski definition) is 2. The lowest BCUT2D eigenvalue weighted by atomic mass is 10.2. The lowest BCUT2D eigenvalue weighted by molar-refractivity contribution is 0.260. The number of halogens is 4.